The maximum absolute atomic E-state index is 5.75. The normalized spacial score (nSPS) is 24.3. The van der Waals surface area contributed by atoms with Gasteiger partial charge in [-0.3, -0.25) is 4.99 Å². The number of aliphatic imine (C=N–C) groups is 1. The molecule has 1 aromatic carbocycles. The average Bonchev–Trinajstić information content (AvgIpc) is 2.56. The van der Waals surface area contributed by atoms with Crippen LogP contribution in [0.1, 0.15) is 37.7 Å². The number of ether oxygens (including phenoxy) is 1. The van der Waals surface area contributed by atoms with Crippen LogP contribution < -0.4 is 10.1 Å². The number of nitrogens with zero attached hydrogens (tertiary/aromatic N) is 2. The quantitative estimate of drug-likeness (QED) is 0.445. The first-order valence-electron chi connectivity index (χ1n) is 8.45. The van der Waals surface area contributed by atoms with Crippen molar-refractivity contribution in [3.8, 4) is 5.75 Å². The Morgan fingerprint density at radius 2 is 2.17 bits per heavy atom. The van der Waals surface area contributed by atoms with Crippen LogP contribution in [0.2, 0.25) is 0 Å². The minimum absolute atomic E-state index is 0. The summed E-state index contributed by atoms with van der Waals surface area (Å²) in [6, 6.07) is 8.40. The Kier molecular flexibility index (Phi) is 6.99. The van der Waals surface area contributed by atoms with Gasteiger partial charge < -0.3 is 15.0 Å². The molecule has 0 bridgehead atoms. The van der Waals surface area contributed by atoms with Crippen molar-refractivity contribution in [2.24, 2.45) is 10.9 Å². The predicted octanol–water partition coefficient (Wildman–Crippen LogP) is 3.48. The van der Waals surface area contributed by atoms with E-state index in [9.17, 15) is 0 Å². The first-order chi connectivity index (χ1) is 10.8. The molecule has 0 spiro atoms. The predicted molar refractivity (Wildman–Crippen MR) is 106 cm³/mol. The number of halogens is 1. The van der Waals surface area contributed by atoms with E-state index in [0.29, 0.717) is 5.92 Å². The smallest absolute Gasteiger partial charge is 0.193 e. The third kappa shape index (κ3) is 4.52. The number of fused-ring (bicyclic) bond motifs is 1. The molecule has 2 atom stereocenters. The fourth-order valence-corrected chi connectivity index (χ4v) is 3.56. The van der Waals surface area contributed by atoms with Crippen LogP contribution in [-0.2, 0) is 0 Å². The molecule has 0 saturated carbocycles. The van der Waals surface area contributed by atoms with E-state index in [1.165, 1.54) is 18.4 Å². The maximum atomic E-state index is 5.75. The van der Waals surface area contributed by atoms with E-state index < -0.39 is 0 Å². The van der Waals surface area contributed by atoms with Crippen molar-refractivity contribution in [1.82, 2.24) is 10.2 Å². The van der Waals surface area contributed by atoms with Crippen LogP contribution in [0, 0.1) is 5.92 Å². The second-order valence-corrected chi connectivity index (χ2v) is 6.49. The molecule has 1 N–H and O–H groups in total. The zero-order chi connectivity index (χ0) is 15.4. The summed E-state index contributed by atoms with van der Waals surface area (Å²) < 4.78 is 5.75. The zero-order valence-electron chi connectivity index (χ0n) is 14.1. The molecule has 4 nitrogen and oxygen atoms in total. The fourth-order valence-electron chi connectivity index (χ4n) is 3.56. The van der Waals surface area contributed by atoms with Crippen molar-refractivity contribution < 1.29 is 4.74 Å². The number of rotatable bonds is 2. The summed E-state index contributed by atoms with van der Waals surface area (Å²) in [7, 11) is 1.89. The lowest BCUT2D eigenvalue weighted by Gasteiger charge is -2.34. The minimum atomic E-state index is 0. The van der Waals surface area contributed by atoms with Gasteiger partial charge in [0.05, 0.1) is 6.61 Å². The molecular formula is C18H28IN3O. The Hall–Kier alpha value is -0.980. The van der Waals surface area contributed by atoms with Gasteiger partial charge in [-0.05, 0) is 36.8 Å². The molecule has 5 heteroatoms. The molecule has 0 aliphatic carbocycles. The van der Waals surface area contributed by atoms with E-state index >= 15 is 0 Å². The van der Waals surface area contributed by atoms with Gasteiger partial charge in [0, 0.05) is 32.6 Å². The molecule has 23 heavy (non-hydrogen) atoms. The summed E-state index contributed by atoms with van der Waals surface area (Å²) in [5, 5.41) is 3.59. The van der Waals surface area contributed by atoms with Crippen LogP contribution in [0.4, 0.5) is 0 Å². The lowest BCUT2D eigenvalue weighted by Crippen LogP contribution is -2.47. The molecule has 1 aromatic rings. The molecule has 2 aliphatic heterocycles. The van der Waals surface area contributed by atoms with Gasteiger partial charge in [-0.2, -0.15) is 0 Å². The van der Waals surface area contributed by atoms with Crippen LogP contribution in [-0.4, -0.2) is 44.1 Å². The van der Waals surface area contributed by atoms with Crippen molar-refractivity contribution in [3.63, 3.8) is 0 Å². The molecule has 0 radical (unpaired) electrons. The summed E-state index contributed by atoms with van der Waals surface area (Å²) in [6.45, 7) is 6.30. The number of guanidine groups is 1. The Bertz CT molecular complexity index is 535. The lowest BCUT2D eigenvalue weighted by atomic mass is 9.93. The molecule has 1 saturated heterocycles. The van der Waals surface area contributed by atoms with Gasteiger partial charge in [-0.25, -0.2) is 0 Å². The molecular weight excluding hydrogens is 401 g/mol. The standard InChI is InChI=1S/C18H27N3O.HI/c1-14-6-5-10-21(13-14)18(19-2)20-12-15-9-11-22-17-8-4-3-7-16(15)17;/h3-4,7-8,14-15H,5-6,9-13H2,1-2H3,(H,19,20);1H. The van der Waals surface area contributed by atoms with Gasteiger partial charge >= 0.3 is 0 Å². The molecule has 0 amide bonds. The van der Waals surface area contributed by atoms with Gasteiger partial charge in [0.2, 0.25) is 0 Å². The number of piperidine rings is 1. The van der Waals surface area contributed by atoms with Crippen LogP contribution in [0.3, 0.4) is 0 Å². The highest BCUT2D eigenvalue weighted by Gasteiger charge is 2.23. The SMILES string of the molecule is CN=C(NCC1CCOc2ccccc21)N1CCCC(C)C1.I. The average molecular weight is 429 g/mol. The molecule has 2 heterocycles. The summed E-state index contributed by atoms with van der Waals surface area (Å²) >= 11 is 0. The molecule has 0 aromatic heterocycles. The first kappa shape index (κ1) is 18.4. The molecule has 2 unspecified atom stereocenters. The largest absolute Gasteiger partial charge is 0.493 e. The summed E-state index contributed by atoms with van der Waals surface area (Å²) in [4.78, 5) is 6.89. The van der Waals surface area contributed by atoms with Gasteiger partial charge in [-0.1, -0.05) is 25.1 Å². The number of hydrogen-bond donors (Lipinski definition) is 1. The van der Waals surface area contributed by atoms with Gasteiger partial charge in [0.15, 0.2) is 5.96 Å². The van der Waals surface area contributed by atoms with Crippen molar-refractivity contribution in [3.05, 3.63) is 29.8 Å². The monoisotopic (exact) mass is 429 g/mol. The van der Waals surface area contributed by atoms with E-state index in [-0.39, 0.29) is 24.0 Å². The van der Waals surface area contributed by atoms with Crippen LogP contribution in [0.25, 0.3) is 0 Å². The molecule has 1 fully saturated rings. The number of benzene rings is 1. The fraction of sp³-hybridized carbons (Fsp3) is 0.611. The zero-order valence-corrected chi connectivity index (χ0v) is 16.5. The summed E-state index contributed by atoms with van der Waals surface area (Å²) in [6.07, 6.45) is 3.67. The van der Waals surface area contributed by atoms with Gasteiger partial charge in [-0.15, -0.1) is 24.0 Å². The highest BCUT2D eigenvalue weighted by Crippen LogP contribution is 2.32. The van der Waals surface area contributed by atoms with Crippen molar-refractivity contribution in [2.75, 3.05) is 33.3 Å². The minimum Gasteiger partial charge on any atom is -0.493 e. The Morgan fingerprint density at radius 3 is 2.96 bits per heavy atom. The second kappa shape index (κ2) is 8.76. The summed E-state index contributed by atoms with van der Waals surface area (Å²) in [5.74, 6) is 3.36. The Balaban J connectivity index is 0.00000192. The van der Waals surface area contributed by atoms with Gasteiger partial charge in [0.1, 0.15) is 5.75 Å². The van der Waals surface area contributed by atoms with E-state index in [2.05, 4.69) is 40.3 Å². The molecule has 2 aliphatic rings. The number of para-hydroxylation sites is 1. The van der Waals surface area contributed by atoms with Crippen LogP contribution in [0.15, 0.2) is 29.3 Å². The van der Waals surface area contributed by atoms with Gasteiger partial charge in [0.25, 0.3) is 0 Å². The molecule has 3 rings (SSSR count). The molecule has 128 valence electrons. The highest BCUT2D eigenvalue weighted by molar-refractivity contribution is 14.0. The van der Waals surface area contributed by atoms with E-state index in [1.54, 1.807) is 0 Å². The topological polar surface area (TPSA) is 36.9 Å². The highest BCUT2D eigenvalue weighted by atomic mass is 127. The maximum Gasteiger partial charge on any atom is 0.193 e. The van der Waals surface area contributed by atoms with Crippen LogP contribution in [0.5, 0.6) is 5.75 Å². The number of likely N-dealkylation sites (tertiary alicyclic amines) is 1. The Morgan fingerprint density at radius 1 is 1.35 bits per heavy atom. The van der Waals surface area contributed by atoms with Crippen LogP contribution >= 0.6 is 24.0 Å². The number of hydrogen-bond acceptors (Lipinski definition) is 2. The third-order valence-corrected chi connectivity index (χ3v) is 4.76. The van der Waals surface area contributed by atoms with E-state index in [4.69, 9.17) is 4.74 Å². The first-order valence-corrected chi connectivity index (χ1v) is 8.45. The van der Waals surface area contributed by atoms with E-state index in [1.807, 2.05) is 13.1 Å². The van der Waals surface area contributed by atoms with Crippen molar-refractivity contribution in [1.29, 1.82) is 0 Å². The number of nitrogens with one attached hydrogen (secondary N) is 1. The lowest BCUT2D eigenvalue weighted by molar-refractivity contribution is 0.257. The third-order valence-electron chi connectivity index (χ3n) is 4.76. The summed E-state index contributed by atoms with van der Waals surface area (Å²) in [5.41, 5.74) is 1.32. The van der Waals surface area contributed by atoms with Crippen molar-refractivity contribution in [2.45, 2.75) is 32.1 Å². The second-order valence-electron chi connectivity index (χ2n) is 6.49. The van der Waals surface area contributed by atoms with E-state index in [0.717, 1.165) is 50.3 Å². The Labute approximate surface area is 156 Å². The van der Waals surface area contributed by atoms with Crippen molar-refractivity contribution >= 4 is 29.9 Å².